The number of hydrogen-bond donors (Lipinski definition) is 4. The van der Waals surface area contributed by atoms with E-state index in [2.05, 4.69) is 19.5 Å². The minimum absolute atomic E-state index is 0.00190. The molecule has 0 saturated carbocycles. The van der Waals surface area contributed by atoms with Crippen molar-refractivity contribution in [2.75, 3.05) is 12.3 Å². The highest BCUT2D eigenvalue weighted by Gasteiger charge is 2.47. The molecule has 0 amide bonds. The van der Waals surface area contributed by atoms with Gasteiger partial charge in [-0.3, -0.25) is 18.5 Å². The van der Waals surface area contributed by atoms with Crippen molar-refractivity contribution in [2.24, 2.45) is 11.1 Å². The normalized spacial score (nSPS) is 26.6. The van der Waals surface area contributed by atoms with Gasteiger partial charge in [-0.25, -0.2) is 10.1 Å². The lowest BCUT2D eigenvalue weighted by molar-refractivity contribution is -0.0365. The molecule has 1 aliphatic rings. The minimum atomic E-state index is -4.35. The van der Waals surface area contributed by atoms with Crippen molar-refractivity contribution >= 4 is 35.7 Å². The first-order chi connectivity index (χ1) is 12.6. The number of ether oxygens (including phenoxy) is 1. The fraction of sp³-hybridized carbons (Fsp3) is 0.545. The molecule has 3 heterocycles. The maximum Gasteiger partial charge on any atom is 0.694 e. The van der Waals surface area contributed by atoms with Crippen LogP contribution in [0.25, 0.3) is 11.2 Å². The molecule has 0 radical (unpaired) electrons. The van der Waals surface area contributed by atoms with Crippen molar-refractivity contribution in [3.05, 3.63) is 16.7 Å². The summed E-state index contributed by atoms with van der Waals surface area (Å²) >= 11 is 0. The maximum atomic E-state index is 11.9. The van der Waals surface area contributed by atoms with Crippen molar-refractivity contribution in [1.29, 1.82) is 0 Å². The van der Waals surface area contributed by atoms with E-state index in [4.69, 9.17) is 24.7 Å². The number of aromatic nitrogens is 4. The molecule has 0 bridgehead atoms. The van der Waals surface area contributed by atoms with Gasteiger partial charge in [0.25, 0.3) is 5.56 Å². The van der Waals surface area contributed by atoms with Crippen LogP contribution in [-0.4, -0.2) is 51.6 Å². The van der Waals surface area contributed by atoms with Crippen LogP contribution >= 0.6 is 8.25 Å². The van der Waals surface area contributed by atoms with E-state index < -0.39 is 55.1 Å². The summed E-state index contributed by atoms with van der Waals surface area (Å²) in [7, 11) is -7.29. The number of nitrogen functional groups attached to an aromatic ring is 1. The largest absolute Gasteiger partial charge is 0.694 e. The summed E-state index contributed by atoms with van der Waals surface area (Å²) in [6, 6.07) is 0. The van der Waals surface area contributed by atoms with Crippen LogP contribution in [-0.2, 0) is 28.3 Å². The molecule has 3 rings (SSSR count). The molecular formula is C11H16N6O8PS+. The molecule has 0 spiro atoms. The van der Waals surface area contributed by atoms with Crippen LogP contribution in [0.2, 0.25) is 0 Å². The van der Waals surface area contributed by atoms with Crippen LogP contribution in [0.5, 0.6) is 0 Å². The Kier molecular flexibility index (Phi) is 5.27. The van der Waals surface area contributed by atoms with Gasteiger partial charge in [-0.15, -0.1) is 9.42 Å². The van der Waals surface area contributed by atoms with E-state index in [-0.39, 0.29) is 17.1 Å². The van der Waals surface area contributed by atoms with E-state index in [1.54, 1.807) is 6.92 Å². The van der Waals surface area contributed by atoms with E-state index in [0.29, 0.717) is 0 Å². The first-order valence-electron chi connectivity index (χ1n) is 7.44. The predicted octanol–water partition coefficient (Wildman–Crippen LogP) is -1.51. The summed E-state index contributed by atoms with van der Waals surface area (Å²) in [5.74, 6) is -0.789. The summed E-state index contributed by atoms with van der Waals surface area (Å²) in [5.41, 5.74) is 5.11. The molecule has 6 N–H and O–H groups in total. The molecule has 14 nitrogen and oxygen atoms in total. The number of nitrogens with zero attached hydrogens (tertiary/aromatic N) is 3. The number of H-pyrrole nitrogens is 1. The summed E-state index contributed by atoms with van der Waals surface area (Å²) < 4.78 is 50.1. The molecule has 1 aliphatic heterocycles. The van der Waals surface area contributed by atoms with Gasteiger partial charge in [0, 0.05) is 10.5 Å². The monoisotopic (exact) mass is 423 g/mol. The van der Waals surface area contributed by atoms with Crippen molar-refractivity contribution in [1.82, 2.24) is 19.5 Å². The van der Waals surface area contributed by atoms with Crippen LogP contribution < -0.4 is 16.4 Å². The van der Waals surface area contributed by atoms with Gasteiger partial charge >= 0.3 is 18.6 Å². The van der Waals surface area contributed by atoms with Crippen molar-refractivity contribution < 1.29 is 31.3 Å². The van der Waals surface area contributed by atoms with Crippen molar-refractivity contribution in [3.8, 4) is 0 Å². The zero-order valence-corrected chi connectivity index (χ0v) is 15.5. The Morgan fingerprint density at radius 2 is 2.22 bits per heavy atom. The highest BCUT2D eigenvalue weighted by Crippen LogP contribution is 2.38. The van der Waals surface area contributed by atoms with Gasteiger partial charge in [0.1, 0.15) is 25.0 Å². The maximum absolute atomic E-state index is 11.9. The Labute approximate surface area is 152 Å². The Bertz CT molecular complexity index is 1040. The Morgan fingerprint density at radius 3 is 2.85 bits per heavy atom. The zero-order valence-electron chi connectivity index (χ0n) is 13.8. The van der Waals surface area contributed by atoms with Crippen LogP contribution in [0.15, 0.2) is 11.1 Å². The summed E-state index contributed by atoms with van der Waals surface area (Å²) in [4.78, 5) is 31.0. The Hall–Kier alpha value is -2.00. The molecule has 2 aromatic rings. The highest BCUT2D eigenvalue weighted by atomic mass is 32.2. The number of imidazole rings is 1. The second-order valence-corrected chi connectivity index (χ2v) is 7.70. The first-order valence-corrected chi connectivity index (χ1v) is 10.0. The number of nitrogens with one attached hydrogen (secondary N) is 1. The highest BCUT2D eigenvalue weighted by molar-refractivity contribution is 7.84. The fourth-order valence-corrected chi connectivity index (χ4v) is 3.79. The van der Waals surface area contributed by atoms with Gasteiger partial charge < -0.3 is 10.5 Å². The summed E-state index contributed by atoms with van der Waals surface area (Å²) in [5, 5.41) is 4.94. The molecule has 0 aliphatic carbocycles. The molecule has 0 aromatic carbocycles. The molecular weight excluding hydrogens is 407 g/mol. The molecule has 1 saturated heterocycles. The van der Waals surface area contributed by atoms with E-state index in [1.807, 2.05) is 0 Å². The lowest BCUT2D eigenvalue weighted by atomic mass is 10.0. The molecule has 27 heavy (non-hydrogen) atoms. The average molecular weight is 423 g/mol. The van der Waals surface area contributed by atoms with Crippen LogP contribution in [0, 0.1) is 5.92 Å². The second kappa shape index (κ2) is 7.20. The van der Waals surface area contributed by atoms with Gasteiger partial charge in [-0.1, -0.05) is 6.92 Å². The SMILES string of the molecule is CC1C(OS(N)(=O)=O)[C@@H](CO[P+](=O)O)O[C@H]1n1cnc2c(=O)[nH]c(N)nc21. The van der Waals surface area contributed by atoms with Gasteiger partial charge in [0.15, 0.2) is 11.2 Å². The minimum Gasteiger partial charge on any atom is -0.369 e. The third-order valence-electron chi connectivity index (χ3n) is 3.97. The van der Waals surface area contributed by atoms with Crippen molar-refractivity contribution in [2.45, 2.75) is 25.4 Å². The molecule has 2 aromatic heterocycles. The van der Waals surface area contributed by atoms with E-state index in [0.717, 1.165) is 0 Å². The van der Waals surface area contributed by atoms with E-state index in [9.17, 15) is 17.8 Å². The van der Waals surface area contributed by atoms with E-state index in [1.165, 1.54) is 10.9 Å². The van der Waals surface area contributed by atoms with Gasteiger partial charge in [0.2, 0.25) is 5.95 Å². The third-order valence-corrected chi connectivity index (χ3v) is 4.83. The van der Waals surface area contributed by atoms with Crippen LogP contribution in [0.1, 0.15) is 13.2 Å². The van der Waals surface area contributed by atoms with Gasteiger partial charge in [-0.2, -0.15) is 13.4 Å². The summed E-state index contributed by atoms with van der Waals surface area (Å²) in [6.45, 7) is 1.16. The Morgan fingerprint density at radius 1 is 1.52 bits per heavy atom. The predicted molar refractivity (Wildman–Crippen MR) is 89.4 cm³/mol. The van der Waals surface area contributed by atoms with E-state index >= 15 is 0 Å². The fourth-order valence-electron chi connectivity index (χ4n) is 2.91. The molecule has 16 heteroatoms. The Balaban J connectivity index is 1.98. The standard InChI is InChI=1S/C11H15N6O8PS/c1-4-7(25-27(13,21)22)5(2-23-26(19)20)24-10(4)17-3-14-6-8(17)15-11(12)16-9(6)18/h3-5,7,10H,2H2,1H3,(H5-,12,13,15,16,18,19,20,21,22)/p+1/t4?,5-,7?,10-/m1/s1. The van der Waals surface area contributed by atoms with Crippen molar-refractivity contribution in [3.63, 3.8) is 0 Å². The van der Waals surface area contributed by atoms with Gasteiger partial charge in [0.05, 0.1) is 6.33 Å². The smallest absolute Gasteiger partial charge is 0.369 e. The summed E-state index contributed by atoms with van der Waals surface area (Å²) in [6.07, 6.45) is -1.79. The van der Waals surface area contributed by atoms with Crippen LogP contribution in [0.4, 0.5) is 5.95 Å². The topological polar surface area (TPSA) is 215 Å². The quantitative estimate of drug-likeness (QED) is 0.392. The molecule has 3 unspecified atom stereocenters. The third kappa shape index (κ3) is 4.14. The van der Waals surface area contributed by atoms with Gasteiger partial charge in [-0.05, 0) is 0 Å². The molecule has 148 valence electrons. The number of anilines is 1. The average Bonchev–Trinajstić information content (AvgIpc) is 3.07. The lowest BCUT2D eigenvalue weighted by Crippen LogP contribution is -2.36. The zero-order chi connectivity index (χ0) is 19.9. The lowest BCUT2D eigenvalue weighted by Gasteiger charge is -2.19. The second-order valence-electron chi connectivity index (χ2n) is 5.79. The molecule has 1 fully saturated rings. The number of hydrogen-bond acceptors (Lipinski definition) is 10. The van der Waals surface area contributed by atoms with Crippen LogP contribution in [0.3, 0.4) is 0 Å². The molecule has 5 atom stereocenters. The number of aromatic amines is 1. The number of nitrogens with two attached hydrogens (primary N) is 2. The first kappa shape index (κ1) is 19.8. The number of fused-ring (bicyclic) bond motifs is 1. The number of rotatable bonds is 6.